The summed E-state index contributed by atoms with van der Waals surface area (Å²) in [5, 5.41) is 11.1. The Morgan fingerprint density at radius 3 is 2.88 bits per heavy atom. The van der Waals surface area contributed by atoms with E-state index in [2.05, 4.69) is 37.5 Å². The number of carbonyl (C=O) groups excluding carboxylic acids is 1. The van der Waals surface area contributed by atoms with E-state index < -0.39 is 12.1 Å². The fourth-order valence-corrected chi connectivity index (χ4v) is 1.36. The van der Waals surface area contributed by atoms with Gasteiger partial charge in [0.2, 0.25) is 0 Å². The van der Waals surface area contributed by atoms with Gasteiger partial charge in [0.1, 0.15) is 12.4 Å². The lowest BCUT2D eigenvalue weighted by Crippen LogP contribution is -2.15. The van der Waals surface area contributed by atoms with Crippen LogP contribution in [0.5, 0.6) is 0 Å². The number of amides is 1. The number of hydrogen-bond donors (Lipinski definition) is 2. The van der Waals surface area contributed by atoms with Gasteiger partial charge in [0, 0.05) is 6.20 Å². The second kappa shape index (κ2) is 6.00. The number of aromatic nitrogens is 1. The van der Waals surface area contributed by atoms with Crippen molar-refractivity contribution in [1.29, 1.82) is 0 Å². The van der Waals surface area contributed by atoms with E-state index in [1.54, 1.807) is 0 Å². The maximum atomic E-state index is 11.2. The SMILES string of the molecule is C=CCOC(=O)Nc1ncc(C(=O)O)cc1Br. The van der Waals surface area contributed by atoms with Crippen LogP contribution < -0.4 is 5.32 Å². The van der Waals surface area contributed by atoms with E-state index in [1.165, 1.54) is 12.1 Å². The number of rotatable bonds is 4. The maximum Gasteiger partial charge on any atom is 0.413 e. The van der Waals surface area contributed by atoms with Crippen LogP contribution in [0.3, 0.4) is 0 Å². The van der Waals surface area contributed by atoms with E-state index >= 15 is 0 Å². The highest BCUT2D eigenvalue weighted by molar-refractivity contribution is 9.10. The van der Waals surface area contributed by atoms with Gasteiger partial charge in [-0.15, -0.1) is 0 Å². The number of halogens is 1. The van der Waals surface area contributed by atoms with Gasteiger partial charge in [0.25, 0.3) is 0 Å². The molecule has 0 aromatic carbocycles. The zero-order chi connectivity index (χ0) is 12.8. The second-order valence-corrected chi connectivity index (χ2v) is 3.73. The largest absolute Gasteiger partial charge is 0.478 e. The van der Waals surface area contributed by atoms with Gasteiger partial charge in [-0.25, -0.2) is 14.6 Å². The zero-order valence-electron chi connectivity index (χ0n) is 8.64. The Morgan fingerprint density at radius 1 is 1.65 bits per heavy atom. The molecule has 90 valence electrons. The van der Waals surface area contributed by atoms with Gasteiger partial charge in [-0.1, -0.05) is 12.7 Å². The van der Waals surface area contributed by atoms with Gasteiger partial charge in [-0.3, -0.25) is 5.32 Å². The summed E-state index contributed by atoms with van der Waals surface area (Å²) >= 11 is 3.10. The maximum absolute atomic E-state index is 11.2. The molecule has 1 rings (SSSR count). The molecule has 0 aliphatic heterocycles. The summed E-state index contributed by atoms with van der Waals surface area (Å²) in [6, 6.07) is 1.33. The summed E-state index contributed by atoms with van der Waals surface area (Å²) < 4.78 is 5.04. The molecule has 0 fully saturated rings. The summed E-state index contributed by atoms with van der Waals surface area (Å²) in [7, 11) is 0. The zero-order valence-corrected chi connectivity index (χ0v) is 10.2. The van der Waals surface area contributed by atoms with Gasteiger partial charge < -0.3 is 9.84 Å². The number of nitrogens with one attached hydrogen (secondary N) is 1. The minimum Gasteiger partial charge on any atom is -0.478 e. The Kier molecular flexibility index (Phi) is 4.65. The number of anilines is 1. The minimum absolute atomic E-state index is 0.0156. The molecule has 7 heteroatoms. The molecule has 0 spiro atoms. The Bertz CT molecular complexity index is 462. The van der Waals surface area contributed by atoms with Crippen molar-refractivity contribution in [2.45, 2.75) is 0 Å². The van der Waals surface area contributed by atoms with Crippen LogP contribution in [0.2, 0.25) is 0 Å². The van der Waals surface area contributed by atoms with E-state index in [0.717, 1.165) is 6.20 Å². The highest BCUT2D eigenvalue weighted by atomic mass is 79.9. The van der Waals surface area contributed by atoms with Crippen molar-refractivity contribution in [1.82, 2.24) is 4.98 Å². The molecular weight excluding hydrogens is 292 g/mol. The van der Waals surface area contributed by atoms with Crippen molar-refractivity contribution in [3.8, 4) is 0 Å². The lowest BCUT2D eigenvalue weighted by molar-refractivity contribution is 0.0696. The van der Waals surface area contributed by atoms with Crippen molar-refractivity contribution < 1.29 is 19.4 Å². The van der Waals surface area contributed by atoms with E-state index in [0.29, 0.717) is 4.47 Å². The standard InChI is InChI=1S/C10H9BrN2O4/c1-2-3-17-10(16)13-8-7(11)4-6(5-12-8)9(14)15/h2,4-5H,1,3H2,(H,14,15)(H,12,13,16). The van der Waals surface area contributed by atoms with Gasteiger partial charge in [-0.2, -0.15) is 0 Å². The van der Waals surface area contributed by atoms with E-state index in [-0.39, 0.29) is 18.0 Å². The summed E-state index contributed by atoms with van der Waals surface area (Å²) in [5.41, 5.74) is 0.0156. The fraction of sp³-hybridized carbons (Fsp3) is 0.100. The molecule has 0 saturated carbocycles. The summed E-state index contributed by atoms with van der Waals surface area (Å²) in [6.07, 6.45) is 1.87. The van der Waals surface area contributed by atoms with Crippen LogP contribution in [0, 0.1) is 0 Å². The summed E-state index contributed by atoms with van der Waals surface area (Å²) in [5.74, 6) is -0.914. The van der Waals surface area contributed by atoms with Crippen LogP contribution in [0.1, 0.15) is 10.4 Å². The van der Waals surface area contributed by atoms with Gasteiger partial charge in [-0.05, 0) is 22.0 Å². The Hall–Kier alpha value is -1.89. The van der Waals surface area contributed by atoms with Crippen LogP contribution in [0.25, 0.3) is 0 Å². The lowest BCUT2D eigenvalue weighted by atomic mass is 10.3. The third kappa shape index (κ3) is 3.87. The summed E-state index contributed by atoms with van der Waals surface area (Å²) in [6.45, 7) is 3.47. The number of ether oxygens (including phenoxy) is 1. The second-order valence-electron chi connectivity index (χ2n) is 2.87. The van der Waals surface area contributed by atoms with Crippen molar-refractivity contribution in [3.63, 3.8) is 0 Å². The van der Waals surface area contributed by atoms with Crippen molar-refractivity contribution in [2.24, 2.45) is 0 Å². The predicted molar refractivity (Wildman–Crippen MR) is 64.1 cm³/mol. The molecule has 6 nitrogen and oxygen atoms in total. The Morgan fingerprint density at radius 2 is 2.35 bits per heavy atom. The smallest absolute Gasteiger partial charge is 0.413 e. The molecule has 0 aliphatic carbocycles. The molecular formula is C10H9BrN2O4. The topological polar surface area (TPSA) is 88.5 Å². The number of hydrogen-bond acceptors (Lipinski definition) is 4. The molecule has 0 saturated heterocycles. The molecule has 1 aromatic heterocycles. The minimum atomic E-state index is -1.10. The molecule has 17 heavy (non-hydrogen) atoms. The molecule has 1 amide bonds. The van der Waals surface area contributed by atoms with Crippen molar-refractivity contribution in [2.75, 3.05) is 11.9 Å². The lowest BCUT2D eigenvalue weighted by Gasteiger charge is -2.06. The van der Waals surface area contributed by atoms with Crippen molar-refractivity contribution >= 4 is 33.8 Å². The number of pyridine rings is 1. The van der Waals surface area contributed by atoms with Gasteiger partial charge >= 0.3 is 12.1 Å². The third-order valence-electron chi connectivity index (χ3n) is 1.64. The number of nitrogens with zero attached hydrogens (tertiary/aromatic N) is 1. The monoisotopic (exact) mass is 300 g/mol. The van der Waals surface area contributed by atoms with Crippen LogP contribution in [-0.2, 0) is 4.74 Å². The number of aromatic carboxylic acids is 1. The average molecular weight is 301 g/mol. The average Bonchev–Trinajstić information content (AvgIpc) is 2.28. The fourth-order valence-electron chi connectivity index (χ4n) is 0.914. The van der Waals surface area contributed by atoms with Crippen molar-refractivity contribution in [3.05, 3.63) is 35.0 Å². The van der Waals surface area contributed by atoms with E-state index in [9.17, 15) is 9.59 Å². The Labute approximate surface area is 105 Å². The highest BCUT2D eigenvalue weighted by Crippen LogP contribution is 2.20. The first-order valence-corrected chi connectivity index (χ1v) is 5.27. The highest BCUT2D eigenvalue weighted by Gasteiger charge is 2.10. The van der Waals surface area contributed by atoms with Crippen LogP contribution in [0.15, 0.2) is 29.4 Å². The number of carboxylic acids is 1. The Balaban J connectivity index is 2.75. The van der Waals surface area contributed by atoms with Crippen LogP contribution in [-0.4, -0.2) is 28.8 Å². The normalized spacial score (nSPS) is 9.47. The molecule has 0 radical (unpaired) electrons. The molecule has 0 aliphatic rings. The first kappa shape index (κ1) is 13.2. The molecule has 0 bridgehead atoms. The predicted octanol–water partition coefficient (Wildman–Crippen LogP) is 2.28. The molecule has 0 atom stereocenters. The first-order valence-electron chi connectivity index (χ1n) is 4.48. The summed E-state index contributed by atoms with van der Waals surface area (Å²) in [4.78, 5) is 25.6. The van der Waals surface area contributed by atoms with Crippen LogP contribution in [0.4, 0.5) is 10.6 Å². The quantitative estimate of drug-likeness (QED) is 0.833. The first-order chi connectivity index (χ1) is 8.04. The molecule has 2 N–H and O–H groups in total. The number of carbonyl (C=O) groups is 2. The molecule has 0 unspecified atom stereocenters. The van der Waals surface area contributed by atoms with E-state index in [4.69, 9.17) is 5.11 Å². The van der Waals surface area contributed by atoms with Crippen LogP contribution >= 0.6 is 15.9 Å². The third-order valence-corrected chi connectivity index (χ3v) is 2.25. The van der Waals surface area contributed by atoms with E-state index in [1.807, 2.05) is 0 Å². The van der Waals surface area contributed by atoms with Gasteiger partial charge in [0.15, 0.2) is 0 Å². The molecule has 1 aromatic rings. The number of carboxylic acid groups (broad SMARTS) is 1. The van der Waals surface area contributed by atoms with Gasteiger partial charge in [0.05, 0.1) is 10.0 Å². The molecule has 1 heterocycles.